The molecular formula is C10H17N3S. The van der Waals surface area contributed by atoms with E-state index in [1.807, 2.05) is 24.2 Å². The number of nitrogens with one attached hydrogen (secondary N) is 1. The van der Waals surface area contributed by atoms with Gasteiger partial charge >= 0.3 is 0 Å². The molecule has 2 heterocycles. The molecule has 1 N–H and O–H groups in total. The van der Waals surface area contributed by atoms with Gasteiger partial charge in [-0.1, -0.05) is 0 Å². The lowest BCUT2D eigenvalue weighted by molar-refractivity contribution is 0.529. The van der Waals surface area contributed by atoms with Gasteiger partial charge in [0.1, 0.15) is 5.82 Å². The van der Waals surface area contributed by atoms with Gasteiger partial charge < -0.3 is 9.88 Å². The van der Waals surface area contributed by atoms with E-state index in [0.717, 1.165) is 18.9 Å². The highest BCUT2D eigenvalue weighted by atomic mass is 32.2. The highest BCUT2D eigenvalue weighted by Gasteiger charge is 2.14. The van der Waals surface area contributed by atoms with Crippen molar-refractivity contribution in [2.24, 2.45) is 0 Å². The fraction of sp³-hybridized carbons (Fsp3) is 0.700. The van der Waals surface area contributed by atoms with Gasteiger partial charge in [0.2, 0.25) is 0 Å². The summed E-state index contributed by atoms with van der Waals surface area (Å²) in [6.07, 6.45) is 5.22. The molecule has 0 spiro atoms. The van der Waals surface area contributed by atoms with E-state index in [4.69, 9.17) is 0 Å². The monoisotopic (exact) mass is 211 g/mol. The first-order valence-corrected chi connectivity index (χ1v) is 6.36. The summed E-state index contributed by atoms with van der Waals surface area (Å²) in [5.74, 6) is 3.72. The minimum absolute atomic E-state index is 0.696. The maximum atomic E-state index is 4.34. The number of hydrogen-bond acceptors (Lipinski definition) is 3. The van der Waals surface area contributed by atoms with Crippen LogP contribution in [0.15, 0.2) is 12.4 Å². The zero-order valence-corrected chi connectivity index (χ0v) is 9.39. The molecule has 1 aromatic heterocycles. The molecule has 1 atom stereocenters. The SMILES string of the molecule is CCn1ccnc1CNC1CCSC1. The Hall–Kier alpha value is -0.480. The zero-order chi connectivity index (χ0) is 9.80. The normalized spacial score (nSPS) is 21.6. The van der Waals surface area contributed by atoms with Crippen LogP contribution in [-0.4, -0.2) is 27.1 Å². The van der Waals surface area contributed by atoms with Crippen molar-refractivity contribution >= 4 is 11.8 Å². The fourth-order valence-electron chi connectivity index (χ4n) is 1.73. The Bertz CT molecular complexity index is 279. The van der Waals surface area contributed by atoms with Crippen LogP contribution in [0, 0.1) is 0 Å². The standard InChI is InChI=1S/C10H17N3S/c1-2-13-5-4-11-10(13)7-12-9-3-6-14-8-9/h4-5,9,12H,2-3,6-8H2,1H3. The molecule has 0 radical (unpaired) electrons. The van der Waals surface area contributed by atoms with Crippen LogP contribution in [0.25, 0.3) is 0 Å². The van der Waals surface area contributed by atoms with Crippen LogP contribution in [0.5, 0.6) is 0 Å². The molecule has 14 heavy (non-hydrogen) atoms. The highest BCUT2D eigenvalue weighted by molar-refractivity contribution is 7.99. The van der Waals surface area contributed by atoms with Crippen molar-refractivity contribution in [3.8, 4) is 0 Å². The third-order valence-corrected chi connectivity index (χ3v) is 3.78. The Balaban J connectivity index is 1.84. The van der Waals surface area contributed by atoms with Crippen LogP contribution >= 0.6 is 11.8 Å². The lowest BCUT2D eigenvalue weighted by atomic mass is 10.2. The summed E-state index contributed by atoms with van der Waals surface area (Å²) in [7, 11) is 0. The average Bonchev–Trinajstić information content (AvgIpc) is 2.85. The predicted molar refractivity (Wildman–Crippen MR) is 60.5 cm³/mol. The van der Waals surface area contributed by atoms with Crippen molar-refractivity contribution in [2.45, 2.75) is 32.5 Å². The lowest BCUT2D eigenvalue weighted by Gasteiger charge is -2.11. The summed E-state index contributed by atoms with van der Waals surface area (Å²) >= 11 is 2.04. The number of aryl methyl sites for hydroxylation is 1. The zero-order valence-electron chi connectivity index (χ0n) is 8.57. The van der Waals surface area contributed by atoms with E-state index in [2.05, 4.69) is 21.8 Å². The van der Waals surface area contributed by atoms with E-state index < -0.39 is 0 Å². The highest BCUT2D eigenvalue weighted by Crippen LogP contribution is 2.17. The first-order chi connectivity index (χ1) is 6.90. The average molecular weight is 211 g/mol. The maximum Gasteiger partial charge on any atom is 0.122 e. The Morgan fingerprint density at radius 3 is 3.36 bits per heavy atom. The van der Waals surface area contributed by atoms with E-state index in [1.165, 1.54) is 17.9 Å². The van der Waals surface area contributed by atoms with Crippen LogP contribution in [-0.2, 0) is 13.1 Å². The Kier molecular flexibility index (Phi) is 3.48. The van der Waals surface area contributed by atoms with Gasteiger partial charge in [-0.15, -0.1) is 0 Å². The largest absolute Gasteiger partial charge is 0.334 e. The van der Waals surface area contributed by atoms with Crippen LogP contribution in [0.3, 0.4) is 0 Å². The molecule has 0 bridgehead atoms. The maximum absolute atomic E-state index is 4.34. The van der Waals surface area contributed by atoms with Crippen LogP contribution in [0.4, 0.5) is 0 Å². The first-order valence-electron chi connectivity index (χ1n) is 5.21. The number of nitrogens with zero attached hydrogens (tertiary/aromatic N) is 2. The fourth-order valence-corrected chi connectivity index (χ4v) is 2.91. The molecule has 4 heteroatoms. The molecule has 1 aliphatic rings. The lowest BCUT2D eigenvalue weighted by Crippen LogP contribution is -2.29. The summed E-state index contributed by atoms with van der Waals surface area (Å²) in [6, 6.07) is 0.696. The van der Waals surface area contributed by atoms with Crippen molar-refractivity contribution < 1.29 is 0 Å². The summed E-state index contributed by atoms with van der Waals surface area (Å²) in [6.45, 7) is 4.07. The number of rotatable bonds is 4. The first kappa shape index (κ1) is 10.1. The number of hydrogen-bond donors (Lipinski definition) is 1. The summed E-state index contributed by atoms with van der Waals surface area (Å²) < 4.78 is 2.19. The Morgan fingerprint density at radius 2 is 2.64 bits per heavy atom. The van der Waals surface area contributed by atoms with Crippen molar-refractivity contribution in [1.82, 2.24) is 14.9 Å². The molecule has 1 fully saturated rings. The van der Waals surface area contributed by atoms with Gasteiger partial charge in [-0.3, -0.25) is 0 Å². The Labute approximate surface area is 89.3 Å². The second kappa shape index (κ2) is 4.84. The third-order valence-electron chi connectivity index (χ3n) is 2.62. The smallest absolute Gasteiger partial charge is 0.122 e. The predicted octanol–water partition coefficient (Wildman–Crippen LogP) is 1.50. The van der Waals surface area contributed by atoms with Gasteiger partial charge in [0.15, 0.2) is 0 Å². The summed E-state index contributed by atoms with van der Waals surface area (Å²) in [4.78, 5) is 4.34. The molecule has 0 aliphatic carbocycles. The Morgan fingerprint density at radius 1 is 1.71 bits per heavy atom. The topological polar surface area (TPSA) is 29.9 Å². The van der Waals surface area contributed by atoms with Crippen molar-refractivity contribution in [3.63, 3.8) is 0 Å². The number of imidazole rings is 1. The van der Waals surface area contributed by atoms with Gasteiger partial charge in [-0.25, -0.2) is 4.98 Å². The molecule has 78 valence electrons. The summed E-state index contributed by atoms with van der Waals surface area (Å²) in [5.41, 5.74) is 0. The van der Waals surface area contributed by atoms with Gasteiger partial charge in [-0.05, 0) is 19.1 Å². The molecule has 0 aromatic carbocycles. The molecular weight excluding hydrogens is 194 g/mol. The molecule has 1 aliphatic heterocycles. The van der Waals surface area contributed by atoms with E-state index in [-0.39, 0.29) is 0 Å². The molecule has 1 saturated heterocycles. The van der Waals surface area contributed by atoms with Crippen LogP contribution in [0.1, 0.15) is 19.2 Å². The van der Waals surface area contributed by atoms with Crippen molar-refractivity contribution in [1.29, 1.82) is 0 Å². The van der Waals surface area contributed by atoms with Gasteiger partial charge in [0, 0.05) is 30.7 Å². The van der Waals surface area contributed by atoms with Gasteiger partial charge in [0.05, 0.1) is 6.54 Å². The van der Waals surface area contributed by atoms with E-state index in [1.54, 1.807) is 0 Å². The van der Waals surface area contributed by atoms with E-state index >= 15 is 0 Å². The minimum Gasteiger partial charge on any atom is -0.334 e. The minimum atomic E-state index is 0.696. The van der Waals surface area contributed by atoms with E-state index in [9.17, 15) is 0 Å². The molecule has 0 saturated carbocycles. The number of aromatic nitrogens is 2. The third kappa shape index (κ3) is 2.30. The molecule has 1 aromatic rings. The second-order valence-corrected chi connectivity index (χ2v) is 4.72. The van der Waals surface area contributed by atoms with Crippen molar-refractivity contribution in [2.75, 3.05) is 11.5 Å². The molecule has 2 rings (SSSR count). The van der Waals surface area contributed by atoms with E-state index in [0.29, 0.717) is 6.04 Å². The quantitative estimate of drug-likeness (QED) is 0.818. The van der Waals surface area contributed by atoms with Crippen molar-refractivity contribution in [3.05, 3.63) is 18.2 Å². The summed E-state index contributed by atoms with van der Waals surface area (Å²) in [5, 5.41) is 3.55. The second-order valence-electron chi connectivity index (χ2n) is 3.57. The molecule has 0 amide bonds. The van der Waals surface area contributed by atoms with Gasteiger partial charge in [-0.2, -0.15) is 11.8 Å². The molecule has 3 nitrogen and oxygen atoms in total. The number of thioether (sulfide) groups is 1. The van der Waals surface area contributed by atoms with Gasteiger partial charge in [0.25, 0.3) is 0 Å². The van der Waals surface area contributed by atoms with Crippen LogP contribution < -0.4 is 5.32 Å². The van der Waals surface area contributed by atoms with Crippen LogP contribution in [0.2, 0.25) is 0 Å². The molecule has 1 unspecified atom stereocenters.